The van der Waals surface area contributed by atoms with Gasteiger partial charge in [0, 0.05) is 11.6 Å². The van der Waals surface area contributed by atoms with E-state index in [1.807, 2.05) is 26.0 Å². The summed E-state index contributed by atoms with van der Waals surface area (Å²) < 4.78 is 0. The van der Waals surface area contributed by atoms with Crippen molar-refractivity contribution in [2.45, 2.75) is 46.0 Å². The van der Waals surface area contributed by atoms with E-state index < -0.39 is 0 Å². The summed E-state index contributed by atoms with van der Waals surface area (Å²) in [6.45, 7) is 6.99. The minimum atomic E-state index is -0.261. The number of hydrogen-bond acceptors (Lipinski definition) is 2. The molecule has 4 nitrogen and oxygen atoms in total. The van der Waals surface area contributed by atoms with E-state index in [9.17, 15) is 4.79 Å². The standard InChI is InChI=1S/C17H26ClN3OS/c1-4-5-6-11-19-17(23)21-20-16(22)15(12(2)3)13-7-9-14(18)10-8-13/h7-10,12,15H,4-6,11H2,1-3H3,(H,20,22)(H2,19,21,23)/t15-/m0/s1. The highest BCUT2D eigenvalue weighted by Gasteiger charge is 2.24. The summed E-state index contributed by atoms with van der Waals surface area (Å²) in [4.78, 5) is 12.5. The van der Waals surface area contributed by atoms with Crippen LogP contribution in [0, 0.1) is 5.92 Å². The van der Waals surface area contributed by atoms with E-state index in [0.717, 1.165) is 31.4 Å². The van der Waals surface area contributed by atoms with E-state index in [0.29, 0.717) is 10.1 Å². The number of halogens is 1. The quantitative estimate of drug-likeness (QED) is 0.396. The SMILES string of the molecule is CCCCCNC(=S)NNC(=O)[C@H](c1ccc(Cl)cc1)C(C)C. The summed E-state index contributed by atoms with van der Waals surface area (Å²) in [6, 6.07) is 7.36. The van der Waals surface area contributed by atoms with Gasteiger partial charge in [0.25, 0.3) is 0 Å². The lowest BCUT2D eigenvalue weighted by Gasteiger charge is -2.21. The maximum absolute atomic E-state index is 12.5. The highest BCUT2D eigenvalue weighted by molar-refractivity contribution is 7.80. The zero-order valence-electron chi connectivity index (χ0n) is 14.0. The first-order valence-electron chi connectivity index (χ1n) is 8.04. The summed E-state index contributed by atoms with van der Waals surface area (Å²) >= 11 is 11.1. The lowest BCUT2D eigenvalue weighted by atomic mass is 9.88. The van der Waals surface area contributed by atoms with Gasteiger partial charge in [-0.25, -0.2) is 0 Å². The number of amides is 1. The third kappa shape index (κ3) is 7.18. The van der Waals surface area contributed by atoms with Gasteiger partial charge in [0.15, 0.2) is 5.11 Å². The van der Waals surface area contributed by atoms with Crippen LogP contribution in [0.4, 0.5) is 0 Å². The van der Waals surface area contributed by atoms with Gasteiger partial charge in [-0.15, -0.1) is 0 Å². The highest BCUT2D eigenvalue weighted by Crippen LogP contribution is 2.25. The number of thiocarbonyl (C=S) groups is 1. The van der Waals surface area contributed by atoms with Crippen molar-refractivity contribution >= 4 is 34.8 Å². The fraction of sp³-hybridized carbons (Fsp3) is 0.529. The van der Waals surface area contributed by atoms with Crippen LogP contribution < -0.4 is 16.2 Å². The van der Waals surface area contributed by atoms with Gasteiger partial charge in [0.1, 0.15) is 0 Å². The monoisotopic (exact) mass is 355 g/mol. The van der Waals surface area contributed by atoms with Crippen molar-refractivity contribution in [3.05, 3.63) is 34.9 Å². The predicted octanol–water partition coefficient (Wildman–Crippen LogP) is 3.77. The Hall–Kier alpha value is -1.33. The van der Waals surface area contributed by atoms with E-state index in [-0.39, 0.29) is 17.7 Å². The molecule has 3 N–H and O–H groups in total. The molecule has 23 heavy (non-hydrogen) atoms. The van der Waals surface area contributed by atoms with Gasteiger partial charge in [0.2, 0.25) is 5.91 Å². The molecule has 0 saturated carbocycles. The molecular weight excluding hydrogens is 330 g/mol. The average molecular weight is 356 g/mol. The van der Waals surface area contributed by atoms with E-state index >= 15 is 0 Å². The van der Waals surface area contributed by atoms with Crippen LogP contribution in [0.3, 0.4) is 0 Å². The minimum absolute atomic E-state index is 0.111. The molecule has 0 bridgehead atoms. The summed E-state index contributed by atoms with van der Waals surface area (Å²) in [7, 11) is 0. The van der Waals surface area contributed by atoms with Crippen molar-refractivity contribution in [3.63, 3.8) is 0 Å². The molecule has 1 amide bonds. The number of hydrogen-bond donors (Lipinski definition) is 3. The number of nitrogens with one attached hydrogen (secondary N) is 3. The van der Waals surface area contributed by atoms with Crippen LogP contribution in [0.2, 0.25) is 5.02 Å². The molecule has 1 rings (SSSR count). The summed E-state index contributed by atoms with van der Waals surface area (Å²) in [5.41, 5.74) is 6.40. The average Bonchev–Trinajstić information content (AvgIpc) is 2.51. The van der Waals surface area contributed by atoms with Crippen molar-refractivity contribution in [1.82, 2.24) is 16.2 Å². The molecule has 0 fully saturated rings. The third-order valence-electron chi connectivity index (χ3n) is 3.54. The van der Waals surface area contributed by atoms with Gasteiger partial charge >= 0.3 is 0 Å². The number of hydrazine groups is 1. The van der Waals surface area contributed by atoms with Crippen molar-refractivity contribution in [3.8, 4) is 0 Å². The van der Waals surface area contributed by atoms with Gasteiger partial charge < -0.3 is 5.32 Å². The number of benzene rings is 1. The molecule has 0 spiro atoms. The van der Waals surface area contributed by atoms with Crippen LogP contribution in [0.5, 0.6) is 0 Å². The van der Waals surface area contributed by atoms with Gasteiger partial charge in [-0.3, -0.25) is 15.6 Å². The first kappa shape index (κ1) is 19.7. The summed E-state index contributed by atoms with van der Waals surface area (Å²) in [5.74, 6) is -0.216. The highest BCUT2D eigenvalue weighted by atomic mass is 35.5. The molecule has 0 unspecified atom stereocenters. The van der Waals surface area contributed by atoms with Crippen molar-refractivity contribution in [1.29, 1.82) is 0 Å². The Labute approximate surface area is 149 Å². The minimum Gasteiger partial charge on any atom is -0.361 e. The first-order valence-corrected chi connectivity index (χ1v) is 8.83. The number of carbonyl (C=O) groups excluding carboxylic acids is 1. The molecule has 1 atom stereocenters. The Balaban J connectivity index is 2.52. The molecule has 0 aliphatic carbocycles. The van der Waals surface area contributed by atoms with Gasteiger partial charge in [-0.1, -0.05) is 57.3 Å². The predicted molar refractivity (Wildman–Crippen MR) is 100 cm³/mol. The Morgan fingerprint density at radius 3 is 2.39 bits per heavy atom. The molecule has 6 heteroatoms. The molecule has 0 radical (unpaired) electrons. The molecule has 1 aromatic carbocycles. The number of unbranched alkanes of at least 4 members (excludes halogenated alkanes) is 2. The van der Waals surface area contributed by atoms with Gasteiger partial charge in [-0.2, -0.15) is 0 Å². The van der Waals surface area contributed by atoms with E-state index in [2.05, 4.69) is 23.1 Å². The fourth-order valence-electron chi connectivity index (χ4n) is 2.33. The molecule has 128 valence electrons. The van der Waals surface area contributed by atoms with Crippen molar-refractivity contribution < 1.29 is 4.79 Å². The zero-order chi connectivity index (χ0) is 17.2. The van der Waals surface area contributed by atoms with Crippen LogP contribution in [0.1, 0.15) is 51.5 Å². The second-order valence-corrected chi connectivity index (χ2v) is 6.70. The molecule has 0 aliphatic heterocycles. The lowest BCUT2D eigenvalue weighted by Crippen LogP contribution is -2.49. The van der Waals surface area contributed by atoms with Crippen molar-refractivity contribution in [2.24, 2.45) is 5.92 Å². The largest absolute Gasteiger partial charge is 0.361 e. The molecule has 0 saturated heterocycles. The molecule has 0 aliphatic rings. The smallest absolute Gasteiger partial charge is 0.246 e. The normalized spacial score (nSPS) is 11.9. The number of rotatable bonds is 7. The van der Waals surface area contributed by atoms with E-state index in [1.54, 1.807) is 12.1 Å². The van der Waals surface area contributed by atoms with E-state index in [1.165, 1.54) is 0 Å². The molecule has 0 aromatic heterocycles. The zero-order valence-corrected chi connectivity index (χ0v) is 15.6. The van der Waals surface area contributed by atoms with Crippen LogP contribution >= 0.6 is 23.8 Å². The second-order valence-electron chi connectivity index (χ2n) is 5.85. The Morgan fingerprint density at radius 1 is 1.17 bits per heavy atom. The lowest BCUT2D eigenvalue weighted by molar-refractivity contribution is -0.124. The molecular formula is C17H26ClN3OS. The fourth-order valence-corrected chi connectivity index (χ4v) is 2.61. The third-order valence-corrected chi connectivity index (χ3v) is 4.04. The van der Waals surface area contributed by atoms with Crippen LogP contribution in [-0.2, 0) is 4.79 Å². The maximum atomic E-state index is 12.5. The second kappa shape index (κ2) is 10.4. The van der Waals surface area contributed by atoms with Crippen LogP contribution in [0.15, 0.2) is 24.3 Å². The Bertz CT molecular complexity index is 505. The number of carbonyl (C=O) groups is 1. The summed E-state index contributed by atoms with van der Waals surface area (Å²) in [5, 5.41) is 4.17. The van der Waals surface area contributed by atoms with Crippen molar-refractivity contribution in [2.75, 3.05) is 6.54 Å². The first-order chi connectivity index (χ1) is 11.0. The maximum Gasteiger partial charge on any atom is 0.246 e. The molecule has 0 heterocycles. The molecule has 1 aromatic rings. The Morgan fingerprint density at radius 2 is 1.83 bits per heavy atom. The van der Waals surface area contributed by atoms with Crippen LogP contribution in [0.25, 0.3) is 0 Å². The van der Waals surface area contributed by atoms with E-state index in [4.69, 9.17) is 23.8 Å². The summed E-state index contributed by atoms with van der Waals surface area (Å²) in [6.07, 6.45) is 3.38. The topological polar surface area (TPSA) is 53.2 Å². The van der Waals surface area contributed by atoms with Gasteiger partial charge in [0.05, 0.1) is 5.92 Å². The van der Waals surface area contributed by atoms with Gasteiger partial charge in [-0.05, 0) is 42.3 Å². The van der Waals surface area contributed by atoms with Crippen LogP contribution in [-0.4, -0.2) is 17.6 Å². The Kier molecular flexibility index (Phi) is 8.95.